The van der Waals surface area contributed by atoms with Crippen molar-refractivity contribution in [2.24, 2.45) is 29.1 Å². The average Bonchev–Trinajstić information content (AvgIpc) is 2.65. The number of rotatable bonds is 6. The van der Waals surface area contributed by atoms with Crippen molar-refractivity contribution in [1.29, 1.82) is 0 Å². The zero-order chi connectivity index (χ0) is 21.0. The minimum Gasteiger partial charge on any atom is -0.487 e. The van der Waals surface area contributed by atoms with E-state index in [1.54, 1.807) is 18.2 Å². The summed E-state index contributed by atoms with van der Waals surface area (Å²) < 4.78 is 12.3. The third-order valence-corrected chi connectivity index (χ3v) is 8.03. The minimum atomic E-state index is -0.569. The van der Waals surface area contributed by atoms with Gasteiger partial charge in [0.25, 0.3) is 0 Å². The van der Waals surface area contributed by atoms with Crippen LogP contribution in [-0.2, 0) is 4.79 Å². The highest BCUT2D eigenvalue weighted by Gasteiger charge is 2.56. The van der Waals surface area contributed by atoms with E-state index >= 15 is 0 Å². The predicted molar refractivity (Wildman–Crippen MR) is 112 cm³/mol. The number of ketones is 1. The predicted octanol–water partition coefficient (Wildman–Crippen LogP) is 5.82. The van der Waals surface area contributed by atoms with Crippen LogP contribution in [0.25, 0.3) is 0 Å². The van der Waals surface area contributed by atoms with Gasteiger partial charge in [0.2, 0.25) is 0 Å². The largest absolute Gasteiger partial charge is 0.487 e. The highest BCUT2D eigenvalue weighted by Crippen LogP contribution is 2.59. The Labute approximate surface area is 174 Å². The van der Waals surface area contributed by atoms with Gasteiger partial charge in [-0.25, -0.2) is 0 Å². The van der Waals surface area contributed by atoms with Gasteiger partial charge in [0.1, 0.15) is 17.1 Å². The summed E-state index contributed by atoms with van der Waals surface area (Å²) >= 11 is 0. The molecule has 4 nitrogen and oxygen atoms in total. The Morgan fingerprint density at radius 3 is 2.07 bits per heavy atom. The standard InChI is InChI=1S/C25H34O4/c1-6-24(3,4)23(27)28-21-12-18(15(2)26)13-22(14-21)29-25(5)19-8-16-7-17(10-19)11-20(25)9-16/h12-14,16-17,19-20H,6-11H2,1-5H3. The zero-order valence-corrected chi connectivity index (χ0v) is 18.4. The van der Waals surface area contributed by atoms with E-state index in [0.717, 1.165) is 11.8 Å². The molecule has 0 aromatic heterocycles. The Bertz CT molecular complexity index is 794. The first-order valence-electron chi connectivity index (χ1n) is 11.2. The van der Waals surface area contributed by atoms with Gasteiger partial charge in [-0.15, -0.1) is 0 Å². The van der Waals surface area contributed by atoms with Gasteiger partial charge < -0.3 is 9.47 Å². The van der Waals surface area contributed by atoms with Gasteiger partial charge in [-0.05, 0) is 102 Å². The van der Waals surface area contributed by atoms with Crippen LogP contribution in [0.1, 0.15) is 83.5 Å². The molecule has 5 rings (SSSR count). The van der Waals surface area contributed by atoms with Crippen LogP contribution in [0.3, 0.4) is 0 Å². The van der Waals surface area contributed by atoms with E-state index < -0.39 is 5.41 Å². The van der Waals surface area contributed by atoms with Crippen molar-refractivity contribution in [3.8, 4) is 11.5 Å². The van der Waals surface area contributed by atoms with Crippen LogP contribution < -0.4 is 9.47 Å². The fraction of sp³-hybridized carbons (Fsp3) is 0.680. The highest BCUT2D eigenvalue weighted by molar-refractivity contribution is 5.95. The molecule has 0 spiro atoms. The molecular formula is C25H34O4. The lowest BCUT2D eigenvalue weighted by Crippen LogP contribution is -2.59. The van der Waals surface area contributed by atoms with Crippen molar-refractivity contribution in [1.82, 2.24) is 0 Å². The molecule has 0 N–H and O–H groups in total. The van der Waals surface area contributed by atoms with Crippen LogP contribution in [0.5, 0.6) is 11.5 Å². The summed E-state index contributed by atoms with van der Waals surface area (Å²) in [4.78, 5) is 24.7. The molecule has 1 aromatic rings. The van der Waals surface area contributed by atoms with Gasteiger partial charge in [-0.3, -0.25) is 9.59 Å². The van der Waals surface area contributed by atoms with E-state index in [9.17, 15) is 9.59 Å². The first-order valence-corrected chi connectivity index (χ1v) is 11.2. The smallest absolute Gasteiger partial charge is 0.316 e. The molecule has 4 fully saturated rings. The number of carbonyl (C=O) groups is 2. The Morgan fingerprint density at radius 2 is 1.55 bits per heavy atom. The van der Waals surface area contributed by atoms with Crippen LogP contribution in [0.15, 0.2) is 18.2 Å². The van der Waals surface area contributed by atoms with E-state index in [2.05, 4.69) is 6.92 Å². The van der Waals surface area contributed by atoms with Gasteiger partial charge in [0.15, 0.2) is 5.78 Å². The Balaban J connectivity index is 1.61. The van der Waals surface area contributed by atoms with Crippen LogP contribution in [0, 0.1) is 29.1 Å². The van der Waals surface area contributed by atoms with Crippen molar-refractivity contribution >= 4 is 11.8 Å². The number of esters is 1. The minimum absolute atomic E-state index is 0.0577. The Hall–Kier alpha value is -1.84. The summed E-state index contributed by atoms with van der Waals surface area (Å²) in [5.41, 5.74) is -0.250. The number of carbonyl (C=O) groups excluding carboxylic acids is 2. The Morgan fingerprint density at radius 1 is 1.00 bits per heavy atom. The van der Waals surface area contributed by atoms with Crippen molar-refractivity contribution in [3.05, 3.63) is 23.8 Å². The summed E-state index contributed by atoms with van der Waals surface area (Å²) in [6.45, 7) is 9.50. The molecule has 4 aliphatic carbocycles. The van der Waals surface area contributed by atoms with Crippen molar-refractivity contribution in [2.75, 3.05) is 0 Å². The van der Waals surface area contributed by atoms with E-state index in [0.29, 0.717) is 35.3 Å². The number of benzene rings is 1. The average molecular weight is 399 g/mol. The van der Waals surface area contributed by atoms with E-state index in [1.807, 2.05) is 20.8 Å². The number of hydrogen-bond acceptors (Lipinski definition) is 4. The number of ether oxygens (including phenoxy) is 2. The third kappa shape index (κ3) is 3.71. The van der Waals surface area contributed by atoms with Gasteiger partial charge >= 0.3 is 5.97 Å². The van der Waals surface area contributed by atoms with Crippen LogP contribution in [-0.4, -0.2) is 17.4 Å². The molecule has 0 heterocycles. The van der Waals surface area contributed by atoms with Gasteiger partial charge in [0, 0.05) is 11.6 Å². The van der Waals surface area contributed by atoms with Gasteiger partial charge in [-0.2, -0.15) is 0 Å². The van der Waals surface area contributed by atoms with Crippen LogP contribution in [0.4, 0.5) is 0 Å². The third-order valence-electron chi connectivity index (χ3n) is 8.03. The maximum atomic E-state index is 12.6. The molecule has 158 valence electrons. The summed E-state index contributed by atoms with van der Waals surface area (Å²) in [6, 6.07) is 5.24. The summed E-state index contributed by atoms with van der Waals surface area (Å²) in [5, 5.41) is 0. The molecule has 0 saturated heterocycles. The molecule has 1 aromatic carbocycles. The molecule has 0 unspecified atom stereocenters. The van der Waals surface area contributed by atoms with Crippen LogP contribution >= 0.6 is 0 Å². The molecule has 4 saturated carbocycles. The molecular weight excluding hydrogens is 364 g/mol. The van der Waals surface area contributed by atoms with E-state index in [-0.39, 0.29) is 17.4 Å². The number of hydrogen-bond donors (Lipinski definition) is 0. The summed E-state index contributed by atoms with van der Waals surface area (Å²) in [5.74, 6) is 3.58. The molecule has 4 heteroatoms. The van der Waals surface area contributed by atoms with Gasteiger partial charge in [-0.1, -0.05) is 6.92 Å². The lowest BCUT2D eigenvalue weighted by molar-refractivity contribution is -0.146. The fourth-order valence-electron chi connectivity index (χ4n) is 5.82. The second-order valence-corrected chi connectivity index (χ2v) is 10.5. The fourth-order valence-corrected chi connectivity index (χ4v) is 5.82. The maximum absolute atomic E-state index is 12.6. The van der Waals surface area contributed by atoms with Gasteiger partial charge in [0.05, 0.1) is 5.41 Å². The second-order valence-electron chi connectivity index (χ2n) is 10.5. The monoisotopic (exact) mass is 398 g/mol. The first-order chi connectivity index (χ1) is 13.6. The van der Waals surface area contributed by atoms with Crippen molar-refractivity contribution < 1.29 is 19.1 Å². The molecule has 0 radical (unpaired) electrons. The van der Waals surface area contributed by atoms with Crippen LogP contribution in [0.2, 0.25) is 0 Å². The summed E-state index contributed by atoms with van der Waals surface area (Å²) in [7, 11) is 0. The highest BCUT2D eigenvalue weighted by atomic mass is 16.5. The molecule has 0 amide bonds. The Kier molecular flexibility index (Phi) is 5.03. The quantitative estimate of drug-likeness (QED) is 0.344. The van der Waals surface area contributed by atoms with E-state index in [1.165, 1.54) is 39.0 Å². The van der Waals surface area contributed by atoms with Crippen molar-refractivity contribution in [2.45, 2.75) is 78.7 Å². The normalized spacial score (nSPS) is 32.9. The SMILES string of the molecule is CCC(C)(C)C(=O)Oc1cc(OC2(C)C3CC4CC(C3)CC2C4)cc(C(C)=O)c1. The lowest BCUT2D eigenvalue weighted by Gasteiger charge is -2.59. The topological polar surface area (TPSA) is 52.6 Å². The summed E-state index contributed by atoms with van der Waals surface area (Å²) in [6.07, 6.45) is 7.09. The molecule has 29 heavy (non-hydrogen) atoms. The van der Waals surface area contributed by atoms with Crippen molar-refractivity contribution in [3.63, 3.8) is 0 Å². The molecule has 0 atom stereocenters. The molecule has 0 aliphatic heterocycles. The molecule has 4 bridgehead atoms. The van der Waals surface area contributed by atoms with E-state index in [4.69, 9.17) is 9.47 Å². The zero-order valence-electron chi connectivity index (χ0n) is 18.4. The second kappa shape index (κ2) is 7.14. The molecule has 4 aliphatic rings. The lowest BCUT2D eigenvalue weighted by atomic mass is 9.50. The maximum Gasteiger partial charge on any atom is 0.316 e. The number of Topliss-reactive ketones (excluding diaryl/α,β-unsaturated/α-hetero) is 1. The first kappa shape index (κ1) is 20.4.